The minimum Gasteiger partial charge on any atom is -0.370 e. The molecule has 0 aliphatic heterocycles. The lowest BCUT2D eigenvalue weighted by Crippen LogP contribution is -2.45. The quantitative estimate of drug-likeness (QED) is 0.697. The maximum absolute atomic E-state index is 12.0. The first-order chi connectivity index (χ1) is 6.52. The van der Waals surface area contributed by atoms with Crippen molar-refractivity contribution in [3.05, 3.63) is 0 Å². The van der Waals surface area contributed by atoms with Crippen molar-refractivity contribution in [1.29, 1.82) is 0 Å². The van der Waals surface area contributed by atoms with Gasteiger partial charge in [0.05, 0.1) is 0 Å². The Bertz CT molecular complexity index is 200. The summed E-state index contributed by atoms with van der Waals surface area (Å²) in [4.78, 5) is 12.0. The van der Waals surface area contributed by atoms with Gasteiger partial charge in [-0.25, -0.2) is 0 Å². The molecule has 0 unspecified atom stereocenters. The highest BCUT2D eigenvalue weighted by atomic mass is 16.5. The van der Waals surface area contributed by atoms with Crippen LogP contribution in [0.2, 0.25) is 0 Å². The average molecular weight is 198 g/mol. The minimum absolute atomic E-state index is 0.0864. The highest BCUT2D eigenvalue weighted by Gasteiger charge is 2.41. The van der Waals surface area contributed by atoms with Gasteiger partial charge in [0.15, 0.2) is 5.78 Å². The number of methoxy groups -OCH3 is 1. The van der Waals surface area contributed by atoms with Crippen LogP contribution in [0.5, 0.6) is 0 Å². The lowest BCUT2D eigenvalue weighted by molar-refractivity contribution is -0.149. The van der Waals surface area contributed by atoms with Gasteiger partial charge < -0.3 is 4.74 Å². The van der Waals surface area contributed by atoms with Gasteiger partial charge in [-0.2, -0.15) is 0 Å². The summed E-state index contributed by atoms with van der Waals surface area (Å²) in [5, 5.41) is 0. The van der Waals surface area contributed by atoms with E-state index in [1.54, 1.807) is 7.11 Å². The van der Waals surface area contributed by atoms with Crippen molar-refractivity contribution < 1.29 is 9.53 Å². The summed E-state index contributed by atoms with van der Waals surface area (Å²) in [6, 6.07) is 0. The Morgan fingerprint density at radius 3 is 2.21 bits per heavy atom. The molecule has 0 N–H and O–H groups in total. The molecule has 0 bridgehead atoms. The van der Waals surface area contributed by atoms with E-state index in [1.165, 1.54) is 0 Å². The Morgan fingerprint density at radius 1 is 1.36 bits per heavy atom. The number of hydrogen-bond donors (Lipinski definition) is 0. The summed E-state index contributed by atoms with van der Waals surface area (Å²) < 4.78 is 5.50. The van der Waals surface area contributed by atoms with E-state index >= 15 is 0 Å². The molecule has 0 aromatic rings. The van der Waals surface area contributed by atoms with Crippen LogP contribution in [0.1, 0.15) is 46.5 Å². The van der Waals surface area contributed by atoms with E-state index in [9.17, 15) is 4.79 Å². The van der Waals surface area contributed by atoms with Gasteiger partial charge in [-0.05, 0) is 31.6 Å². The Hall–Kier alpha value is -0.370. The zero-order valence-electron chi connectivity index (χ0n) is 9.80. The molecule has 0 aromatic heterocycles. The third kappa shape index (κ3) is 2.17. The Morgan fingerprint density at radius 2 is 1.86 bits per heavy atom. The van der Waals surface area contributed by atoms with Crippen molar-refractivity contribution in [2.45, 2.75) is 52.1 Å². The largest absolute Gasteiger partial charge is 0.370 e. The fourth-order valence-corrected chi connectivity index (χ4v) is 2.31. The summed E-state index contributed by atoms with van der Waals surface area (Å²) in [7, 11) is 1.68. The molecule has 1 saturated carbocycles. The third-order valence-corrected chi connectivity index (χ3v) is 3.45. The van der Waals surface area contributed by atoms with Crippen LogP contribution in [-0.4, -0.2) is 18.5 Å². The molecule has 0 amide bonds. The fourth-order valence-electron chi connectivity index (χ4n) is 2.31. The van der Waals surface area contributed by atoms with Crippen molar-refractivity contribution in [2.24, 2.45) is 11.8 Å². The molecule has 82 valence electrons. The summed E-state index contributed by atoms with van der Waals surface area (Å²) in [6.45, 7) is 6.17. The third-order valence-electron chi connectivity index (χ3n) is 3.45. The van der Waals surface area contributed by atoms with Crippen LogP contribution in [0.4, 0.5) is 0 Å². The van der Waals surface area contributed by atoms with E-state index in [0.717, 1.165) is 31.6 Å². The van der Waals surface area contributed by atoms with Crippen LogP contribution in [0, 0.1) is 11.8 Å². The van der Waals surface area contributed by atoms with Crippen LogP contribution in [0.3, 0.4) is 0 Å². The Labute approximate surface area is 87.0 Å². The SMILES string of the molecule is COC1(C(=O)C(C)C)CCC(C)CC1. The van der Waals surface area contributed by atoms with Gasteiger partial charge in [0.2, 0.25) is 0 Å². The topological polar surface area (TPSA) is 26.3 Å². The second kappa shape index (κ2) is 4.43. The predicted octanol–water partition coefficient (Wildman–Crippen LogP) is 2.81. The minimum atomic E-state index is -0.458. The molecule has 1 aliphatic rings. The van der Waals surface area contributed by atoms with Gasteiger partial charge in [0.25, 0.3) is 0 Å². The van der Waals surface area contributed by atoms with Crippen LogP contribution >= 0.6 is 0 Å². The molecule has 0 saturated heterocycles. The number of carbonyl (C=O) groups excluding carboxylic acids is 1. The Kier molecular flexibility index (Phi) is 3.71. The molecule has 1 fully saturated rings. The summed E-state index contributed by atoms with van der Waals surface area (Å²) >= 11 is 0. The molecular weight excluding hydrogens is 176 g/mol. The highest BCUT2D eigenvalue weighted by Crippen LogP contribution is 2.36. The van der Waals surface area contributed by atoms with E-state index in [2.05, 4.69) is 6.92 Å². The maximum atomic E-state index is 12.0. The normalized spacial score (nSPS) is 33.4. The Balaban J connectivity index is 2.72. The number of carbonyl (C=O) groups is 1. The van der Waals surface area contributed by atoms with Crippen LogP contribution in [-0.2, 0) is 9.53 Å². The van der Waals surface area contributed by atoms with Crippen LogP contribution in [0.15, 0.2) is 0 Å². The van der Waals surface area contributed by atoms with E-state index in [-0.39, 0.29) is 11.7 Å². The standard InChI is InChI=1S/C12H22O2/c1-9(2)11(13)12(14-4)7-5-10(3)6-8-12/h9-10H,5-8H2,1-4H3. The van der Waals surface area contributed by atoms with Crippen molar-refractivity contribution in [2.75, 3.05) is 7.11 Å². The molecule has 0 aromatic carbocycles. The van der Waals surface area contributed by atoms with E-state index in [0.29, 0.717) is 0 Å². The number of Topliss-reactive ketones (excluding diaryl/α,β-unsaturated/α-hetero) is 1. The molecule has 0 atom stereocenters. The molecule has 0 radical (unpaired) electrons. The van der Waals surface area contributed by atoms with Crippen LogP contribution < -0.4 is 0 Å². The molecule has 0 heterocycles. The van der Waals surface area contributed by atoms with Gasteiger partial charge in [-0.1, -0.05) is 20.8 Å². The van der Waals surface area contributed by atoms with Crippen molar-refractivity contribution in [1.82, 2.24) is 0 Å². The smallest absolute Gasteiger partial charge is 0.167 e. The zero-order valence-corrected chi connectivity index (χ0v) is 9.80. The molecule has 1 rings (SSSR count). The van der Waals surface area contributed by atoms with Gasteiger partial charge in [-0.15, -0.1) is 0 Å². The van der Waals surface area contributed by atoms with E-state index in [4.69, 9.17) is 4.74 Å². The molecule has 1 aliphatic carbocycles. The summed E-state index contributed by atoms with van der Waals surface area (Å²) in [5.74, 6) is 1.12. The number of ether oxygens (including phenoxy) is 1. The lowest BCUT2D eigenvalue weighted by Gasteiger charge is -2.38. The number of rotatable bonds is 3. The van der Waals surface area contributed by atoms with Crippen molar-refractivity contribution in [3.8, 4) is 0 Å². The highest BCUT2D eigenvalue weighted by molar-refractivity contribution is 5.89. The molecule has 14 heavy (non-hydrogen) atoms. The number of hydrogen-bond acceptors (Lipinski definition) is 2. The summed E-state index contributed by atoms with van der Waals surface area (Å²) in [5.41, 5.74) is -0.458. The fraction of sp³-hybridized carbons (Fsp3) is 0.917. The van der Waals surface area contributed by atoms with Gasteiger partial charge in [0, 0.05) is 13.0 Å². The first-order valence-electron chi connectivity index (χ1n) is 5.61. The number of ketones is 1. The second-order valence-electron chi connectivity index (χ2n) is 4.90. The lowest BCUT2D eigenvalue weighted by atomic mass is 9.74. The van der Waals surface area contributed by atoms with Crippen molar-refractivity contribution in [3.63, 3.8) is 0 Å². The first kappa shape index (κ1) is 11.7. The van der Waals surface area contributed by atoms with Crippen LogP contribution in [0.25, 0.3) is 0 Å². The average Bonchev–Trinajstić information content (AvgIpc) is 2.18. The van der Waals surface area contributed by atoms with E-state index in [1.807, 2.05) is 13.8 Å². The summed E-state index contributed by atoms with van der Waals surface area (Å²) in [6.07, 6.45) is 4.04. The molecule has 0 spiro atoms. The monoisotopic (exact) mass is 198 g/mol. The van der Waals surface area contributed by atoms with Crippen molar-refractivity contribution >= 4 is 5.78 Å². The molecule has 2 heteroatoms. The molecule has 2 nitrogen and oxygen atoms in total. The molecular formula is C12H22O2. The van der Waals surface area contributed by atoms with E-state index < -0.39 is 5.60 Å². The zero-order chi connectivity index (χ0) is 10.8. The maximum Gasteiger partial charge on any atom is 0.167 e. The first-order valence-corrected chi connectivity index (χ1v) is 5.61. The van der Waals surface area contributed by atoms with Gasteiger partial charge >= 0.3 is 0 Å². The van der Waals surface area contributed by atoms with Gasteiger partial charge in [0.1, 0.15) is 5.60 Å². The second-order valence-corrected chi connectivity index (χ2v) is 4.90. The predicted molar refractivity (Wildman–Crippen MR) is 57.2 cm³/mol. The van der Waals surface area contributed by atoms with Gasteiger partial charge in [-0.3, -0.25) is 4.79 Å².